The van der Waals surface area contributed by atoms with Crippen LogP contribution in [0.4, 0.5) is 0 Å². The quantitative estimate of drug-likeness (QED) is 0.777. The smallest absolute Gasteiger partial charge is 0.284 e. The van der Waals surface area contributed by atoms with Gasteiger partial charge >= 0.3 is 0 Å². The highest BCUT2D eigenvalue weighted by Gasteiger charge is 2.23. The number of fused-ring (bicyclic) bond motifs is 1. The molecular formula is C21H25N5O. The van der Waals surface area contributed by atoms with E-state index in [4.69, 9.17) is 4.98 Å². The zero-order valence-electron chi connectivity index (χ0n) is 16.1. The van der Waals surface area contributed by atoms with Crippen LogP contribution in [-0.4, -0.2) is 58.4 Å². The van der Waals surface area contributed by atoms with Crippen LogP contribution in [0.5, 0.6) is 0 Å². The molecule has 0 aliphatic carbocycles. The maximum atomic E-state index is 13.2. The first-order valence-corrected chi connectivity index (χ1v) is 9.31. The van der Waals surface area contributed by atoms with Crippen molar-refractivity contribution in [2.45, 2.75) is 13.8 Å². The summed E-state index contributed by atoms with van der Waals surface area (Å²) in [6, 6.07) is 12.1. The molecule has 0 saturated carbocycles. The number of aryl methyl sites for hydroxylation is 2. The number of piperazine rings is 1. The van der Waals surface area contributed by atoms with Crippen molar-refractivity contribution in [2.75, 3.05) is 33.2 Å². The van der Waals surface area contributed by atoms with Crippen LogP contribution in [0.1, 0.15) is 21.6 Å². The van der Waals surface area contributed by atoms with Crippen LogP contribution in [0.15, 0.2) is 42.6 Å². The van der Waals surface area contributed by atoms with Gasteiger partial charge in [-0.15, -0.1) is 0 Å². The molecule has 3 heterocycles. The first kappa shape index (κ1) is 17.7. The Hall–Kier alpha value is -2.70. The van der Waals surface area contributed by atoms with Crippen LogP contribution < -0.4 is 5.43 Å². The highest BCUT2D eigenvalue weighted by atomic mass is 16.2. The van der Waals surface area contributed by atoms with Gasteiger partial charge in [0.15, 0.2) is 0 Å². The maximum Gasteiger partial charge on any atom is 0.284 e. The zero-order chi connectivity index (χ0) is 19.0. The Bertz CT molecular complexity index is 968. The number of amides is 1. The van der Waals surface area contributed by atoms with Crippen molar-refractivity contribution in [2.24, 2.45) is 0 Å². The van der Waals surface area contributed by atoms with Crippen molar-refractivity contribution in [3.8, 4) is 11.3 Å². The van der Waals surface area contributed by atoms with Crippen LogP contribution in [0.25, 0.3) is 16.9 Å². The van der Waals surface area contributed by atoms with Gasteiger partial charge in [-0.1, -0.05) is 35.9 Å². The Kier molecular flexibility index (Phi) is 4.68. The summed E-state index contributed by atoms with van der Waals surface area (Å²) < 4.78 is 1.90. The molecule has 0 spiro atoms. The molecule has 3 aromatic rings. The van der Waals surface area contributed by atoms with Crippen molar-refractivity contribution in [3.05, 3.63) is 59.4 Å². The van der Waals surface area contributed by atoms with Crippen molar-refractivity contribution in [3.63, 3.8) is 0 Å². The second-order valence-electron chi connectivity index (χ2n) is 7.34. The molecule has 1 aliphatic heterocycles. The van der Waals surface area contributed by atoms with Crippen molar-refractivity contribution >= 4 is 11.6 Å². The average Bonchev–Trinajstić information content (AvgIpc) is 3.03. The van der Waals surface area contributed by atoms with Gasteiger partial charge in [0, 0.05) is 37.9 Å². The van der Waals surface area contributed by atoms with Gasteiger partial charge in [0.25, 0.3) is 5.91 Å². The summed E-state index contributed by atoms with van der Waals surface area (Å²) >= 11 is 0. The number of hydrazine groups is 1. The minimum atomic E-state index is -0.117. The lowest BCUT2D eigenvalue weighted by Crippen LogP contribution is -2.52. The van der Waals surface area contributed by atoms with E-state index in [0.29, 0.717) is 11.4 Å². The highest BCUT2D eigenvalue weighted by molar-refractivity contribution is 5.99. The molecule has 2 aromatic heterocycles. The minimum absolute atomic E-state index is 0.117. The number of carbonyl (C=O) groups is 1. The normalized spacial score (nSPS) is 16.0. The fourth-order valence-electron chi connectivity index (χ4n) is 3.40. The number of pyridine rings is 1. The Morgan fingerprint density at radius 3 is 2.33 bits per heavy atom. The molecule has 0 bridgehead atoms. The van der Waals surface area contributed by atoms with Crippen molar-refractivity contribution in [1.29, 1.82) is 0 Å². The number of carbonyl (C=O) groups excluding carboxylic acids is 1. The summed E-state index contributed by atoms with van der Waals surface area (Å²) in [5.74, 6) is -0.117. The standard InChI is InChI=1S/C21H25N5O/c1-15-4-7-17(8-5-15)19-20(26-14-16(2)6-9-18(26)22-19)21(27)23-25-12-10-24(3)11-13-25/h4-9,14H,10-13H2,1-3H3,(H,23,27). The van der Waals surface area contributed by atoms with E-state index < -0.39 is 0 Å². The average molecular weight is 363 g/mol. The molecule has 0 unspecified atom stereocenters. The minimum Gasteiger partial charge on any atom is -0.304 e. The second kappa shape index (κ2) is 7.13. The molecular weight excluding hydrogens is 338 g/mol. The lowest BCUT2D eigenvalue weighted by Gasteiger charge is -2.32. The first-order chi connectivity index (χ1) is 13.0. The predicted molar refractivity (Wildman–Crippen MR) is 107 cm³/mol. The van der Waals surface area contributed by atoms with Crippen LogP contribution in [0.2, 0.25) is 0 Å². The number of nitrogens with zero attached hydrogens (tertiary/aromatic N) is 4. The number of hydrogen-bond donors (Lipinski definition) is 1. The second-order valence-corrected chi connectivity index (χ2v) is 7.34. The third-order valence-electron chi connectivity index (χ3n) is 5.07. The number of benzene rings is 1. The lowest BCUT2D eigenvalue weighted by atomic mass is 10.1. The third-order valence-corrected chi connectivity index (χ3v) is 5.07. The van der Waals surface area contributed by atoms with Crippen LogP contribution in [-0.2, 0) is 0 Å². The maximum absolute atomic E-state index is 13.2. The summed E-state index contributed by atoms with van der Waals surface area (Å²) in [6.45, 7) is 7.59. The van der Waals surface area contributed by atoms with Gasteiger partial charge in [-0.2, -0.15) is 0 Å². The van der Waals surface area contributed by atoms with Gasteiger partial charge < -0.3 is 4.90 Å². The zero-order valence-corrected chi connectivity index (χ0v) is 16.1. The fourth-order valence-corrected chi connectivity index (χ4v) is 3.40. The molecule has 1 saturated heterocycles. The number of aromatic nitrogens is 2. The topological polar surface area (TPSA) is 52.9 Å². The van der Waals surface area contributed by atoms with Crippen LogP contribution in [0, 0.1) is 13.8 Å². The number of imidazole rings is 1. The van der Waals surface area contributed by atoms with Gasteiger partial charge in [0.1, 0.15) is 17.0 Å². The van der Waals surface area contributed by atoms with E-state index in [1.165, 1.54) is 5.56 Å². The SMILES string of the molecule is Cc1ccc(-c2nc3ccc(C)cn3c2C(=O)NN2CCN(C)CC2)cc1. The van der Waals surface area contributed by atoms with E-state index in [1.54, 1.807) is 0 Å². The molecule has 1 amide bonds. The number of nitrogens with one attached hydrogen (secondary N) is 1. The van der Waals surface area contributed by atoms with E-state index >= 15 is 0 Å². The van der Waals surface area contributed by atoms with E-state index in [2.05, 4.69) is 24.3 Å². The summed E-state index contributed by atoms with van der Waals surface area (Å²) in [5, 5.41) is 2.00. The number of likely N-dealkylation sites (N-methyl/N-ethyl adjacent to an activating group) is 1. The van der Waals surface area contributed by atoms with E-state index in [9.17, 15) is 4.79 Å². The molecule has 140 valence electrons. The van der Waals surface area contributed by atoms with Crippen LogP contribution in [0.3, 0.4) is 0 Å². The molecule has 1 fully saturated rings. The molecule has 1 aromatic carbocycles. The predicted octanol–water partition coefficient (Wildman–Crippen LogP) is 2.51. The van der Waals surface area contributed by atoms with Gasteiger partial charge in [0.05, 0.1) is 0 Å². The summed E-state index contributed by atoms with van der Waals surface area (Å²) in [4.78, 5) is 20.2. The number of rotatable bonds is 3. The highest BCUT2D eigenvalue weighted by Crippen LogP contribution is 2.25. The van der Waals surface area contributed by atoms with E-state index in [1.807, 2.05) is 58.9 Å². The molecule has 6 heteroatoms. The molecule has 6 nitrogen and oxygen atoms in total. The Morgan fingerprint density at radius 2 is 1.63 bits per heavy atom. The first-order valence-electron chi connectivity index (χ1n) is 9.31. The van der Waals surface area contributed by atoms with Crippen LogP contribution >= 0.6 is 0 Å². The van der Waals surface area contributed by atoms with Crippen molar-refractivity contribution in [1.82, 2.24) is 24.7 Å². The third kappa shape index (κ3) is 3.59. The van der Waals surface area contributed by atoms with Gasteiger partial charge in [-0.05, 0) is 32.5 Å². The Labute approximate surface area is 159 Å². The lowest BCUT2D eigenvalue weighted by molar-refractivity contribution is 0.0657. The molecule has 0 atom stereocenters. The fraction of sp³-hybridized carbons (Fsp3) is 0.333. The summed E-state index contributed by atoms with van der Waals surface area (Å²) in [6.07, 6.45) is 1.97. The van der Waals surface area contributed by atoms with Gasteiger partial charge in [-0.25, -0.2) is 9.99 Å². The van der Waals surface area contributed by atoms with E-state index in [0.717, 1.165) is 43.0 Å². The molecule has 27 heavy (non-hydrogen) atoms. The van der Waals surface area contributed by atoms with Gasteiger partial charge in [-0.3, -0.25) is 14.6 Å². The molecule has 1 N–H and O–H groups in total. The molecule has 4 rings (SSSR count). The summed E-state index contributed by atoms with van der Waals surface area (Å²) in [5.41, 5.74) is 8.37. The molecule has 0 radical (unpaired) electrons. The Balaban J connectivity index is 1.74. The monoisotopic (exact) mass is 363 g/mol. The summed E-state index contributed by atoms with van der Waals surface area (Å²) in [7, 11) is 2.10. The largest absolute Gasteiger partial charge is 0.304 e. The van der Waals surface area contributed by atoms with E-state index in [-0.39, 0.29) is 5.91 Å². The number of hydrogen-bond acceptors (Lipinski definition) is 4. The molecule has 1 aliphatic rings. The Morgan fingerprint density at radius 1 is 0.963 bits per heavy atom. The van der Waals surface area contributed by atoms with Crippen molar-refractivity contribution < 1.29 is 4.79 Å². The van der Waals surface area contributed by atoms with Gasteiger partial charge in [0.2, 0.25) is 0 Å².